The normalized spacial score (nSPS) is 15.7. The largest absolute Gasteiger partial charge is 0.456 e. The second kappa shape index (κ2) is 6.07. The number of furan rings is 1. The number of fused-ring (bicyclic) bond motifs is 1. The number of hydrogen-bond acceptors (Lipinski definition) is 4. The van der Waals surface area contributed by atoms with Gasteiger partial charge in [-0.1, -0.05) is 12.1 Å². The van der Waals surface area contributed by atoms with E-state index < -0.39 is 11.7 Å². The average molecular weight is 348 g/mol. The van der Waals surface area contributed by atoms with Crippen LogP contribution in [0.3, 0.4) is 0 Å². The van der Waals surface area contributed by atoms with Crippen molar-refractivity contribution < 1.29 is 22.3 Å². The van der Waals surface area contributed by atoms with E-state index in [1.807, 2.05) is 0 Å². The Bertz CT molecular complexity index is 899. The number of benzene rings is 1. The highest BCUT2D eigenvalue weighted by atomic mass is 19.4. The van der Waals surface area contributed by atoms with Crippen LogP contribution in [0, 0.1) is 0 Å². The molecule has 0 unspecified atom stereocenters. The summed E-state index contributed by atoms with van der Waals surface area (Å²) in [6.45, 7) is 2.68. The molecule has 1 aliphatic heterocycles. The molecule has 3 heterocycles. The molecule has 1 fully saturated rings. The van der Waals surface area contributed by atoms with E-state index in [9.17, 15) is 13.2 Å². The zero-order chi connectivity index (χ0) is 17.4. The minimum Gasteiger partial charge on any atom is -0.456 e. The van der Waals surface area contributed by atoms with Gasteiger partial charge in [0.1, 0.15) is 17.2 Å². The molecule has 0 saturated carbocycles. The fourth-order valence-electron chi connectivity index (χ4n) is 2.97. The van der Waals surface area contributed by atoms with Gasteiger partial charge in [-0.05, 0) is 24.3 Å². The molecule has 7 heteroatoms. The molecule has 25 heavy (non-hydrogen) atoms. The van der Waals surface area contributed by atoms with E-state index in [0.717, 1.165) is 36.4 Å². The third kappa shape index (κ3) is 3.07. The lowest BCUT2D eigenvalue weighted by molar-refractivity contribution is -0.137. The number of rotatable bonds is 2. The number of alkyl halides is 3. The molecule has 1 saturated heterocycles. The van der Waals surface area contributed by atoms with Crippen LogP contribution in [0.4, 0.5) is 19.0 Å². The second-order valence-electron chi connectivity index (χ2n) is 5.84. The van der Waals surface area contributed by atoms with Gasteiger partial charge in [-0.15, -0.1) is 0 Å². The molecule has 0 aliphatic carbocycles. The molecule has 0 bridgehead atoms. The first kappa shape index (κ1) is 16.0. The molecule has 1 aromatic carbocycles. The van der Waals surface area contributed by atoms with Gasteiger partial charge in [-0.25, -0.2) is 4.98 Å². The van der Waals surface area contributed by atoms with E-state index in [1.165, 1.54) is 6.07 Å². The van der Waals surface area contributed by atoms with Crippen LogP contribution in [0.25, 0.3) is 22.3 Å². The predicted molar refractivity (Wildman–Crippen MR) is 87.5 cm³/mol. The average Bonchev–Trinajstić information content (AvgIpc) is 3.06. The van der Waals surface area contributed by atoms with Crippen molar-refractivity contribution in [1.82, 2.24) is 4.98 Å². The zero-order valence-electron chi connectivity index (χ0n) is 13.2. The number of pyridine rings is 1. The maximum atomic E-state index is 12.9. The summed E-state index contributed by atoms with van der Waals surface area (Å²) in [5.41, 5.74) is 0.292. The van der Waals surface area contributed by atoms with Crippen LogP contribution in [0.5, 0.6) is 0 Å². The van der Waals surface area contributed by atoms with Gasteiger partial charge in [0, 0.05) is 24.8 Å². The van der Waals surface area contributed by atoms with Crippen LogP contribution >= 0.6 is 0 Å². The maximum Gasteiger partial charge on any atom is 0.416 e. The Morgan fingerprint density at radius 2 is 1.84 bits per heavy atom. The topological polar surface area (TPSA) is 38.5 Å². The number of nitrogens with zero attached hydrogens (tertiary/aromatic N) is 2. The minimum absolute atomic E-state index is 0.388. The SMILES string of the molecule is FC(F)(F)c1cccc(-c2cc3c(N4CCOCC4)nccc3o2)c1. The van der Waals surface area contributed by atoms with Crippen molar-refractivity contribution in [2.75, 3.05) is 31.2 Å². The zero-order valence-corrected chi connectivity index (χ0v) is 13.2. The Labute approximate surface area is 141 Å². The second-order valence-corrected chi connectivity index (χ2v) is 5.84. The van der Waals surface area contributed by atoms with Gasteiger partial charge in [0.25, 0.3) is 0 Å². The Balaban J connectivity index is 1.77. The van der Waals surface area contributed by atoms with Crippen molar-refractivity contribution in [2.24, 2.45) is 0 Å². The number of aromatic nitrogens is 1. The van der Waals surface area contributed by atoms with Crippen LogP contribution in [0.15, 0.2) is 47.0 Å². The van der Waals surface area contributed by atoms with Crippen molar-refractivity contribution in [3.63, 3.8) is 0 Å². The van der Waals surface area contributed by atoms with Crippen molar-refractivity contribution in [3.05, 3.63) is 48.2 Å². The fraction of sp³-hybridized carbons (Fsp3) is 0.278. The molecule has 0 spiro atoms. The molecule has 0 N–H and O–H groups in total. The van der Waals surface area contributed by atoms with E-state index in [2.05, 4.69) is 9.88 Å². The van der Waals surface area contributed by atoms with E-state index in [-0.39, 0.29) is 0 Å². The summed E-state index contributed by atoms with van der Waals surface area (Å²) in [4.78, 5) is 6.52. The fourth-order valence-corrected chi connectivity index (χ4v) is 2.97. The Morgan fingerprint density at radius 3 is 2.60 bits per heavy atom. The lowest BCUT2D eigenvalue weighted by Gasteiger charge is -2.28. The summed E-state index contributed by atoms with van der Waals surface area (Å²) < 4.78 is 49.9. The molecule has 130 valence electrons. The minimum atomic E-state index is -4.39. The smallest absolute Gasteiger partial charge is 0.416 e. The Kier molecular flexibility index (Phi) is 3.88. The van der Waals surface area contributed by atoms with Gasteiger partial charge in [-0.3, -0.25) is 0 Å². The molecule has 0 atom stereocenters. The van der Waals surface area contributed by atoms with E-state index in [0.29, 0.717) is 30.1 Å². The summed E-state index contributed by atoms with van der Waals surface area (Å²) in [6.07, 6.45) is -2.74. The van der Waals surface area contributed by atoms with Crippen LogP contribution in [0.2, 0.25) is 0 Å². The standard InChI is InChI=1S/C18H15F3N2O2/c19-18(20,21)13-3-1-2-12(10-13)16-11-14-15(25-16)4-5-22-17(14)23-6-8-24-9-7-23/h1-5,10-11H,6-9H2. The summed E-state index contributed by atoms with van der Waals surface area (Å²) in [5, 5.41) is 0.789. The lowest BCUT2D eigenvalue weighted by atomic mass is 10.1. The van der Waals surface area contributed by atoms with Gasteiger partial charge in [0.2, 0.25) is 0 Å². The molecule has 0 radical (unpaired) electrons. The van der Waals surface area contributed by atoms with E-state index >= 15 is 0 Å². The molecule has 3 aromatic rings. The van der Waals surface area contributed by atoms with Gasteiger partial charge in [0.15, 0.2) is 0 Å². The molecule has 2 aromatic heterocycles. The highest BCUT2D eigenvalue weighted by Gasteiger charge is 2.30. The molecule has 1 aliphatic rings. The van der Waals surface area contributed by atoms with Crippen molar-refractivity contribution in [1.29, 1.82) is 0 Å². The monoisotopic (exact) mass is 348 g/mol. The van der Waals surface area contributed by atoms with Crippen molar-refractivity contribution in [3.8, 4) is 11.3 Å². The lowest BCUT2D eigenvalue weighted by Crippen LogP contribution is -2.36. The van der Waals surface area contributed by atoms with Crippen LogP contribution in [-0.2, 0) is 10.9 Å². The summed E-state index contributed by atoms with van der Waals surface area (Å²) >= 11 is 0. The predicted octanol–water partition coefficient (Wildman–Crippen LogP) is 4.35. The summed E-state index contributed by atoms with van der Waals surface area (Å²) in [6, 6.07) is 8.60. The maximum absolute atomic E-state index is 12.9. The van der Waals surface area contributed by atoms with Crippen molar-refractivity contribution in [2.45, 2.75) is 6.18 Å². The van der Waals surface area contributed by atoms with E-state index in [1.54, 1.807) is 24.4 Å². The number of hydrogen-bond donors (Lipinski definition) is 0. The van der Waals surface area contributed by atoms with Gasteiger partial charge in [0.05, 0.1) is 24.2 Å². The first-order valence-electron chi connectivity index (χ1n) is 7.91. The number of anilines is 1. The van der Waals surface area contributed by atoms with Crippen molar-refractivity contribution >= 4 is 16.8 Å². The third-order valence-corrected chi connectivity index (χ3v) is 4.21. The first-order chi connectivity index (χ1) is 12.0. The number of halogens is 3. The molecular formula is C18H15F3N2O2. The highest BCUT2D eigenvalue weighted by molar-refractivity contribution is 5.92. The summed E-state index contributed by atoms with van der Waals surface area (Å²) in [5.74, 6) is 1.16. The van der Waals surface area contributed by atoms with E-state index in [4.69, 9.17) is 9.15 Å². The van der Waals surface area contributed by atoms with Gasteiger partial charge < -0.3 is 14.1 Å². The van der Waals surface area contributed by atoms with Crippen LogP contribution in [0.1, 0.15) is 5.56 Å². The quantitative estimate of drug-likeness (QED) is 0.690. The number of ether oxygens (including phenoxy) is 1. The van der Waals surface area contributed by atoms with Gasteiger partial charge >= 0.3 is 6.18 Å². The third-order valence-electron chi connectivity index (χ3n) is 4.21. The molecule has 4 rings (SSSR count). The van der Waals surface area contributed by atoms with Gasteiger partial charge in [-0.2, -0.15) is 13.2 Å². The highest BCUT2D eigenvalue weighted by Crippen LogP contribution is 2.36. The number of morpholine rings is 1. The Hall–Kier alpha value is -2.54. The molecular weight excluding hydrogens is 333 g/mol. The Morgan fingerprint density at radius 1 is 1.04 bits per heavy atom. The molecule has 4 nitrogen and oxygen atoms in total. The van der Waals surface area contributed by atoms with Crippen LogP contribution < -0.4 is 4.90 Å². The molecule has 0 amide bonds. The van der Waals surface area contributed by atoms with Crippen LogP contribution in [-0.4, -0.2) is 31.3 Å². The summed E-state index contributed by atoms with van der Waals surface area (Å²) in [7, 11) is 0. The first-order valence-corrected chi connectivity index (χ1v) is 7.91.